The SMILES string of the molecule is O=C(CCc1ncc(-c2ccc(Cl)cc2Cl)o1)N1CCC(c2c[nH]c3ncccc23)CC1. The lowest BCUT2D eigenvalue weighted by Gasteiger charge is -2.32. The molecule has 4 heterocycles. The third-order valence-electron chi connectivity index (χ3n) is 6.07. The first-order valence-corrected chi connectivity index (χ1v) is 11.4. The number of amides is 1. The molecule has 1 aromatic carbocycles. The second-order valence-corrected chi connectivity index (χ2v) is 8.88. The topological polar surface area (TPSA) is 75.0 Å². The van der Waals surface area contributed by atoms with Gasteiger partial charge in [0.25, 0.3) is 0 Å². The summed E-state index contributed by atoms with van der Waals surface area (Å²) in [6, 6.07) is 9.29. The first-order valence-electron chi connectivity index (χ1n) is 10.7. The van der Waals surface area contributed by atoms with Gasteiger partial charge >= 0.3 is 0 Å². The molecule has 0 unspecified atom stereocenters. The zero-order valence-corrected chi connectivity index (χ0v) is 18.9. The van der Waals surface area contributed by atoms with Crippen LogP contribution >= 0.6 is 23.2 Å². The molecule has 3 aromatic heterocycles. The molecule has 0 spiro atoms. The summed E-state index contributed by atoms with van der Waals surface area (Å²) in [6.07, 6.45) is 8.22. The van der Waals surface area contributed by atoms with E-state index in [4.69, 9.17) is 27.6 Å². The lowest BCUT2D eigenvalue weighted by Crippen LogP contribution is -2.38. The Morgan fingerprint density at radius 1 is 1.19 bits per heavy atom. The lowest BCUT2D eigenvalue weighted by atomic mass is 9.89. The molecule has 5 rings (SSSR count). The Balaban J connectivity index is 1.16. The molecule has 0 bridgehead atoms. The summed E-state index contributed by atoms with van der Waals surface area (Å²) in [6.45, 7) is 1.52. The number of aromatic amines is 1. The van der Waals surface area contributed by atoms with E-state index in [1.165, 1.54) is 10.9 Å². The summed E-state index contributed by atoms with van der Waals surface area (Å²) in [7, 11) is 0. The van der Waals surface area contributed by atoms with Crippen molar-refractivity contribution in [1.82, 2.24) is 19.9 Å². The van der Waals surface area contributed by atoms with E-state index in [1.54, 1.807) is 30.6 Å². The van der Waals surface area contributed by atoms with Gasteiger partial charge < -0.3 is 14.3 Å². The first kappa shape index (κ1) is 21.0. The third kappa shape index (κ3) is 4.25. The highest BCUT2D eigenvalue weighted by Gasteiger charge is 2.25. The van der Waals surface area contributed by atoms with E-state index < -0.39 is 0 Å². The Bertz CT molecular complexity index is 1260. The van der Waals surface area contributed by atoms with Crippen LogP contribution in [0.25, 0.3) is 22.4 Å². The van der Waals surface area contributed by atoms with Crippen LogP contribution in [0.2, 0.25) is 10.0 Å². The van der Waals surface area contributed by atoms with Gasteiger partial charge in [0.05, 0.1) is 11.2 Å². The number of likely N-dealkylation sites (tertiary alicyclic amines) is 1. The molecule has 1 saturated heterocycles. The van der Waals surface area contributed by atoms with Crippen LogP contribution in [0.3, 0.4) is 0 Å². The normalized spacial score (nSPS) is 14.9. The Morgan fingerprint density at radius 3 is 2.84 bits per heavy atom. The molecule has 0 aliphatic carbocycles. The average Bonchev–Trinajstić information content (AvgIpc) is 3.45. The number of H-pyrrole nitrogens is 1. The second-order valence-electron chi connectivity index (χ2n) is 8.04. The fourth-order valence-electron chi connectivity index (χ4n) is 4.37. The van der Waals surface area contributed by atoms with Gasteiger partial charge in [0.2, 0.25) is 5.91 Å². The standard InChI is InChI=1S/C24H22Cl2N4O2/c25-16-3-4-18(20(26)12-16)21-14-28-22(32-21)5-6-23(31)30-10-7-15(8-11-30)19-13-29-24-17(19)2-1-9-27-24/h1-4,9,12-15H,5-8,10-11H2,(H,27,29). The summed E-state index contributed by atoms with van der Waals surface area (Å²) >= 11 is 12.2. The van der Waals surface area contributed by atoms with Gasteiger partial charge in [-0.25, -0.2) is 9.97 Å². The second kappa shape index (κ2) is 8.96. The van der Waals surface area contributed by atoms with Crippen molar-refractivity contribution in [2.45, 2.75) is 31.6 Å². The number of carbonyl (C=O) groups excluding carboxylic acids is 1. The van der Waals surface area contributed by atoms with Crippen molar-refractivity contribution < 1.29 is 9.21 Å². The number of rotatable bonds is 5. The van der Waals surface area contributed by atoms with Crippen LogP contribution in [-0.4, -0.2) is 38.8 Å². The zero-order chi connectivity index (χ0) is 22.1. The summed E-state index contributed by atoms with van der Waals surface area (Å²) in [5.41, 5.74) is 2.95. The van der Waals surface area contributed by atoms with Crippen LogP contribution < -0.4 is 0 Å². The molecule has 164 valence electrons. The van der Waals surface area contributed by atoms with E-state index in [2.05, 4.69) is 27.2 Å². The first-order chi connectivity index (χ1) is 15.6. The van der Waals surface area contributed by atoms with Crippen LogP contribution in [0, 0.1) is 0 Å². The fraction of sp³-hybridized carbons (Fsp3) is 0.292. The largest absolute Gasteiger partial charge is 0.441 e. The number of oxazole rings is 1. The van der Waals surface area contributed by atoms with E-state index in [0.29, 0.717) is 40.5 Å². The number of pyridine rings is 1. The maximum Gasteiger partial charge on any atom is 0.223 e. The smallest absolute Gasteiger partial charge is 0.223 e. The predicted molar refractivity (Wildman–Crippen MR) is 125 cm³/mol. The molecule has 1 aliphatic heterocycles. The van der Waals surface area contributed by atoms with Crippen LogP contribution in [0.5, 0.6) is 0 Å². The quantitative estimate of drug-likeness (QED) is 0.397. The number of nitrogens with zero attached hydrogens (tertiary/aromatic N) is 3. The summed E-state index contributed by atoms with van der Waals surface area (Å²) in [4.78, 5) is 26.6. The number of aromatic nitrogens is 3. The fourth-order valence-corrected chi connectivity index (χ4v) is 4.87. The van der Waals surface area contributed by atoms with Crippen molar-refractivity contribution in [3.05, 3.63) is 70.4 Å². The van der Waals surface area contributed by atoms with E-state index >= 15 is 0 Å². The molecule has 0 radical (unpaired) electrons. The van der Waals surface area contributed by atoms with Gasteiger partial charge in [0, 0.05) is 54.3 Å². The molecule has 4 aromatic rings. The number of fused-ring (bicyclic) bond motifs is 1. The predicted octanol–water partition coefficient (Wildman–Crippen LogP) is 5.86. The van der Waals surface area contributed by atoms with Crippen molar-refractivity contribution in [2.75, 3.05) is 13.1 Å². The number of benzene rings is 1. The maximum absolute atomic E-state index is 12.7. The van der Waals surface area contributed by atoms with Crippen LogP contribution in [-0.2, 0) is 11.2 Å². The molecule has 1 fully saturated rings. The van der Waals surface area contributed by atoms with Crippen molar-refractivity contribution in [3.63, 3.8) is 0 Å². The van der Waals surface area contributed by atoms with Gasteiger partial charge in [0.15, 0.2) is 11.7 Å². The maximum atomic E-state index is 12.7. The van der Waals surface area contributed by atoms with E-state index in [9.17, 15) is 4.79 Å². The van der Waals surface area contributed by atoms with Crippen molar-refractivity contribution in [3.8, 4) is 11.3 Å². The van der Waals surface area contributed by atoms with E-state index in [1.807, 2.05) is 11.0 Å². The van der Waals surface area contributed by atoms with Crippen LogP contribution in [0.15, 0.2) is 53.3 Å². The van der Waals surface area contributed by atoms with Gasteiger partial charge in [-0.2, -0.15) is 0 Å². The lowest BCUT2D eigenvalue weighted by molar-refractivity contribution is -0.132. The van der Waals surface area contributed by atoms with Gasteiger partial charge in [-0.3, -0.25) is 4.79 Å². The molecule has 0 atom stereocenters. The molecule has 1 amide bonds. The molecular formula is C24H22Cl2N4O2. The minimum absolute atomic E-state index is 0.133. The average molecular weight is 469 g/mol. The van der Waals surface area contributed by atoms with E-state index in [0.717, 1.165) is 37.1 Å². The molecule has 1 aliphatic rings. The minimum atomic E-state index is 0.133. The summed E-state index contributed by atoms with van der Waals surface area (Å²) in [5, 5.41) is 2.25. The molecule has 0 saturated carbocycles. The van der Waals surface area contributed by atoms with Crippen LogP contribution in [0.1, 0.15) is 36.6 Å². The molecule has 32 heavy (non-hydrogen) atoms. The number of hydrogen-bond donors (Lipinski definition) is 1. The highest BCUT2D eigenvalue weighted by molar-refractivity contribution is 6.36. The summed E-state index contributed by atoms with van der Waals surface area (Å²) in [5.74, 6) is 1.67. The number of piperidine rings is 1. The van der Waals surface area contributed by atoms with Gasteiger partial charge in [-0.1, -0.05) is 23.2 Å². The van der Waals surface area contributed by atoms with E-state index in [-0.39, 0.29) is 5.91 Å². The van der Waals surface area contributed by atoms with Gasteiger partial charge in [0.1, 0.15) is 5.65 Å². The van der Waals surface area contributed by atoms with Crippen LogP contribution in [0.4, 0.5) is 0 Å². The number of halogens is 2. The Labute approximate surface area is 195 Å². The monoisotopic (exact) mass is 468 g/mol. The Kier molecular flexibility index (Phi) is 5.89. The Hall–Kier alpha value is -2.83. The molecule has 6 nitrogen and oxygen atoms in total. The Morgan fingerprint density at radius 2 is 2.03 bits per heavy atom. The van der Waals surface area contributed by atoms with Crippen molar-refractivity contribution in [2.24, 2.45) is 0 Å². The van der Waals surface area contributed by atoms with Gasteiger partial charge in [-0.05, 0) is 54.7 Å². The van der Waals surface area contributed by atoms with Crippen molar-refractivity contribution >= 4 is 40.1 Å². The number of nitrogens with one attached hydrogen (secondary N) is 1. The highest BCUT2D eigenvalue weighted by atomic mass is 35.5. The number of carbonyl (C=O) groups is 1. The minimum Gasteiger partial charge on any atom is -0.441 e. The molecule has 1 N–H and O–H groups in total. The number of aryl methyl sites for hydroxylation is 1. The highest BCUT2D eigenvalue weighted by Crippen LogP contribution is 2.33. The van der Waals surface area contributed by atoms with Crippen molar-refractivity contribution in [1.29, 1.82) is 0 Å². The summed E-state index contributed by atoms with van der Waals surface area (Å²) < 4.78 is 5.82. The zero-order valence-electron chi connectivity index (χ0n) is 17.4. The molecular weight excluding hydrogens is 447 g/mol. The number of hydrogen-bond acceptors (Lipinski definition) is 4. The third-order valence-corrected chi connectivity index (χ3v) is 6.62. The van der Waals surface area contributed by atoms with Gasteiger partial charge in [-0.15, -0.1) is 0 Å². The molecule has 8 heteroatoms.